The van der Waals surface area contributed by atoms with Gasteiger partial charge in [0, 0.05) is 10.8 Å². The molecule has 0 atom stereocenters. The van der Waals surface area contributed by atoms with E-state index in [-0.39, 0.29) is 0 Å². The van der Waals surface area contributed by atoms with E-state index < -0.39 is 0 Å². The molecule has 0 aliphatic heterocycles. The zero-order valence-corrected chi connectivity index (χ0v) is 9.50. The second-order valence-corrected chi connectivity index (χ2v) is 4.52. The summed E-state index contributed by atoms with van der Waals surface area (Å²) in [4.78, 5) is 1.47. The largest absolute Gasteiger partial charge is 0.149 e. The van der Waals surface area contributed by atoms with Gasteiger partial charge < -0.3 is 0 Å². The third-order valence-electron chi connectivity index (χ3n) is 1.95. The highest BCUT2D eigenvalue weighted by Crippen LogP contribution is 2.14. The van der Waals surface area contributed by atoms with Crippen molar-refractivity contribution in [1.29, 1.82) is 0 Å². The average molecular weight is 215 g/mol. The van der Waals surface area contributed by atoms with Gasteiger partial charge in [0.05, 0.1) is 0 Å². The molecule has 0 aliphatic rings. The van der Waals surface area contributed by atoms with Crippen molar-refractivity contribution >= 4 is 22.9 Å². The highest BCUT2D eigenvalue weighted by molar-refractivity contribution is 7.09. The van der Waals surface area contributed by atoms with E-state index in [1.165, 1.54) is 16.9 Å². The molecular formula is C11H15ClS. The summed E-state index contributed by atoms with van der Waals surface area (Å²) in [7, 11) is 0. The molecule has 0 saturated heterocycles. The number of thiophene rings is 1. The van der Waals surface area contributed by atoms with Gasteiger partial charge in [0.1, 0.15) is 0 Å². The molecule has 0 aromatic carbocycles. The Hall–Kier alpha value is -0.270. The summed E-state index contributed by atoms with van der Waals surface area (Å²) >= 11 is 7.44. The van der Waals surface area contributed by atoms with Gasteiger partial charge >= 0.3 is 0 Å². The summed E-state index contributed by atoms with van der Waals surface area (Å²) < 4.78 is 0. The number of hydrogen-bond acceptors (Lipinski definition) is 1. The van der Waals surface area contributed by atoms with E-state index in [0.717, 1.165) is 18.7 Å². The second-order valence-electron chi connectivity index (χ2n) is 3.11. The van der Waals surface area contributed by atoms with Crippen LogP contribution in [0.25, 0.3) is 0 Å². The normalized spacial score (nSPS) is 12.0. The van der Waals surface area contributed by atoms with Gasteiger partial charge in [-0.1, -0.05) is 17.7 Å². The van der Waals surface area contributed by atoms with Gasteiger partial charge in [-0.05, 0) is 37.6 Å². The quantitative estimate of drug-likeness (QED) is 0.508. The molecule has 1 aromatic rings. The Morgan fingerprint density at radius 2 is 2.46 bits per heavy atom. The van der Waals surface area contributed by atoms with Crippen LogP contribution in [0.2, 0.25) is 0 Å². The van der Waals surface area contributed by atoms with Gasteiger partial charge in [0.15, 0.2) is 0 Å². The van der Waals surface area contributed by atoms with Gasteiger partial charge in [0.25, 0.3) is 0 Å². The van der Waals surface area contributed by atoms with E-state index in [0.29, 0.717) is 0 Å². The first-order chi connectivity index (χ1) is 6.33. The number of hydrogen-bond donors (Lipinski definition) is 0. The van der Waals surface area contributed by atoms with Crippen molar-refractivity contribution < 1.29 is 0 Å². The topological polar surface area (TPSA) is 0 Å². The molecule has 0 fully saturated rings. The summed E-state index contributed by atoms with van der Waals surface area (Å²) in [6.45, 7) is 2.18. The zero-order valence-electron chi connectivity index (χ0n) is 7.92. The predicted molar refractivity (Wildman–Crippen MR) is 61.7 cm³/mol. The van der Waals surface area contributed by atoms with Gasteiger partial charge in [-0.25, -0.2) is 0 Å². The molecule has 0 radical (unpaired) electrons. The van der Waals surface area contributed by atoms with Gasteiger partial charge in [-0.2, -0.15) is 0 Å². The fourth-order valence-corrected chi connectivity index (χ4v) is 2.00. The monoisotopic (exact) mass is 214 g/mol. The molecule has 0 aliphatic carbocycles. The third-order valence-corrected chi connectivity index (χ3v) is 3.10. The standard InChI is InChI=1S/C11H15ClS/c1-10(4-2-8-12)6-7-11-5-3-9-13-11/h3-5,9H,2,6-8H2,1H3. The average Bonchev–Trinajstić information content (AvgIpc) is 2.64. The summed E-state index contributed by atoms with van der Waals surface area (Å²) in [5.41, 5.74) is 1.45. The van der Waals surface area contributed by atoms with Crippen LogP contribution in [0.4, 0.5) is 0 Å². The lowest BCUT2D eigenvalue weighted by molar-refractivity contribution is 0.946. The van der Waals surface area contributed by atoms with Crippen LogP contribution in [0.15, 0.2) is 29.2 Å². The summed E-state index contributed by atoms with van der Waals surface area (Å²) in [5, 5.41) is 2.13. The Bertz CT molecular complexity index is 249. The summed E-state index contributed by atoms with van der Waals surface area (Å²) in [6.07, 6.45) is 5.57. The van der Waals surface area contributed by atoms with Crippen molar-refractivity contribution in [2.75, 3.05) is 5.88 Å². The lowest BCUT2D eigenvalue weighted by Gasteiger charge is -1.98. The van der Waals surface area contributed by atoms with E-state index in [2.05, 4.69) is 30.5 Å². The molecule has 0 bridgehead atoms. The Morgan fingerprint density at radius 1 is 1.62 bits per heavy atom. The molecule has 72 valence electrons. The third kappa shape index (κ3) is 4.49. The van der Waals surface area contributed by atoms with Crippen LogP contribution in [-0.2, 0) is 6.42 Å². The van der Waals surface area contributed by atoms with Crippen molar-refractivity contribution in [2.45, 2.75) is 26.2 Å². The molecule has 0 amide bonds. The molecular weight excluding hydrogens is 200 g/mol. The van der Waals surface area contributed by atoms with E-state index in [4.69, 9.17) is 11.6 Å². The van der Waals surface area contributed by atoms with E-state index in [1.807, 2.05) is 11.3 Å². The molecule has 2 heteroatoms. The van der Waals surface area contributed by atoms with Crippen molar-refractivity contribution in [3.05, 3.63) is 34.0 Å². The second kappa shape index (κ2) is 6.22. The number of halogens is 1. The van der Waals surface area contributed by atoms with Crippen molar-refractivity contribution in [3.8, 4) is 0 Å². The molecule has 0 N–H and O–H groups in total. The molecule has 1 aromatic heterocycles. The van der Waals surface area contributed by atoms with Crippen LogP contribution in [0.3, 0.4) is 0 Å². The van der Waals surface area contributed by atoms with Crippen molar-refractivity contribution in [1.82, 2.24) is 0 Å². The van der Waals surface area contributed by atoms with Gasteiger partial charge in [-0.3, -0.25) is 0 Å². The first-order valence-electron chi connectivity index (χ1n) is 4.57. The first-order valence-corrected chi connectivity index (χ1v) is 5.98. The molecule has 13 heavy (non-hydrogen) atoms. The van der Waals surface area contributed by atoms with Crippen LogP contribution < -0.4 is 0 Å². The van der Waals surface area contributed by atoms with Crippen LogP contribution >= 0.6 is 22.9 Å². The molecule has 0 spiro atoms. The van der Waals surface area contributed by atoms with Crippen molar-refractivity contribution in [2.24, 2.45) is 0 Å². The number of alkyl halides is 1. The Morgan fingerprint density at radius 3 is 3.08 bits per heavy atom. The number of aryl methyl sites for hydroxylation is 1. The molecule has 1 heterocycles. The molecule has 1 rings (SSSR count). The molecule has 0 unspecified atom stereocenters. The van der Waals surface area contributed by atoms with E-state index >= 15 is 0 Å². The minimum atomic E-state index is 0.732. The fraction of sp³-hybridized carbons (Fsp3) is 0.455. The Kier molecular flexibility index (Phi) is 5.18. The maximum absolute atomic E-state index is 5.60. The Balaban J connectivity index is 2.26. The minimum absolute atomic E-state index is 0.732. The molecule has 0 saturated carbocycles. The maximum atomic E-state index is 5.60. The van der Waals surface area contributed by atoms with Gasteiger partial charge in [-0.15, -0.1) is 22.9 Å². The lowest BCUT2D eigenvalue weighted by Crippen LogP contribution is -1.83. The van der Waals surface area contributed by atoms with Gasteiger partial charge in [0.2, 0.25) is 0 Å². The fourth-order valence-electron chi connectivity index (χ4n) is 1.18. The predicted octanol–water partition coefficient (Wildman–Crippen LogP) is 4.26. The van der Waals surface area contributed by atoms with E-state index in [1.54, 1.807) is 0 Å². The van der Waals surface area contributed by atoms with Crippen LogP contribution in [0.5, 0.6) is 0 Å². The van der Waals surface area contributed by atoms with E-state index in [9.17, 15) is 0 Å². The lowest BCUT2D eigenvalue weighted by atomic mass is 10.1. The number of rotatable bonds is 5. The van der Waals surface area contributed by atoms with Crippen LogP contribution in [-0.4, -0.2) is 5.88 Å². The highest BCUT2D eigenvalue weighted by atomic mass is 35.5. The van der Waals surface area contributed by atoms with Crippen LogP contribution in [0.1, 0.15) is 24.6 Å². The smallest absolute Gasteiger partial charge is 0.0258 e. The summed E-state index contributed by atoms with van der Waals surface area (Å²) in [6, 6.07) is 4.30. The molecule has 0 nitrogen and oxygen atoms in total. The minimum Gasteiger partial charge on any atom is -0.149 e. The zero-order chi connectivity index (χ0) is 9.52. The summed E-state index contributed by atoms with van der Waals surface area (Å²) in [5.74, 6) is 0.732. The maximum Gasteiger partial charge on any atom is 0.0258 e. The first kappa shape index (κ1) is 10.8. The van der Waals surface area contributed by atoms with Crippen molar-refractivity contribution in [3.63, 3.8) is 0 Å². The number of allylic oxidation sites excluding steroid dienone is 2. The van der Waals surface area contributed by atoms with Crippen LogP contribution in [0, 0.1) is 0 Å². The highest BCUT2D eigenvalue weighted by Gasteiger charge is 1.94. The SMILES string of the molecule is CC(=CCCCl)CCc1cccs1. The Labute approximate surface area is 89.2 Å².